The first-order valence-corrected chi connectivity index (χ1v) is 11.9. The molecule has 0 aliphatic heterocycles. The second kappa shape index (κ2) is 10.0. The number of ether oxygens (including phenoxy) is 2. The molecule has 8 heteroatoms. The van der Waals surface area contributed by atoms with E-state index in [9.17, 15) is 9.59 Å². The number of para-hydroxylation sites is 1. The molecule has 1 N–H and O–H groups in total. The van der Waals surface area contributed by atoms with Crippen LogP contribution < -0.4 is 20.3 Å². The van der Waals surface area contributed by atoms with Crippen LogP contribution in [-0.2, 0) is 6.54 Å². The van der Waals surface area contributed by atoms with Gasteiger partial charge in [0.2, 0.25) is 0 Å². The number of carbonyl (C=O) groups is 1. The number of fused-ring (bicyclic) bond motifs is 1. The van der Waals surface area contributed by atoms with Gasteiger partial charge in [-0.3, -0.25) is 19.3 Å². The number of nitrogens with zero attached hydrogens (tertiary/aromatic N) is 3. The van der Waals surface area contributed by atoms with Gasteiger partial charge in [-0.2, -0.15) is 0 Å². The Morgan fingerprint density at radius 1 is 0.973 bits per heavy atom. The lowest BCUT2D eigenvalue weighted by molar-refractivity contribution is 0.102. The molecule has 0 atom stereocenters. The van der Waals surface area contributed by atoms with Gasteiger partial charge in [0.15, 0.2) is 0 Å². The Kier molecular flexibility index (Phi) is 6.47. The third kappa shape index (κ3) is 4.56. The van der Waals surface area contributed by atoms with Crippen molar-refractivity contribution in [3.05, 3.63) is 107 Å². The number of hydrogen-bond acceptors (Lipinski definition) is 5. The molecule has 0 saturated carbocycles. The third-order valence-corrected chi connectivity index (χ3v) is 6.17. The summed E-state index contributed by atoms with van der Waals surface area (Å²) in [5.41, 5.74) is 2.39. The minimum absolute atomic E-state index is 0.115. The molecule has 0 fully saturated rings. The van der Waals surface area contributed by atoms with Crippen molar-refractivity contribution < 1.29 is 14.3 Å². The monoisotopic (exact) mass is 494 g/mol. The number of benzene rings is 3. The topological polar surface area (TPSA) is 87.4 Å². The Balaban J connectivity index is 1.37. The lowest BCUT2D eigenvalue weighted by Gasteiger charge is -2.11. The normalized spacial score (nSPS) is 10.9. The van der Waals surface area contributed by atoms with E-state index in [1.54, 1.807) is 55.2 Å². The summed E-state index contributed by atoms with van der Waals surface area (Å²) >= 11 is 0. The first-order chi connectivity index (χ1) is 18.0. The molecule has 5 rings (SSSR count). The van der Waals surface area contributed by atoms with Crippen LogP contribution in [0.2, 0.25) is 0 Å². The number of pyridine rings is 1. The maximum Gasteiger partial charge on any atom is 0.284 e. The molecule has 0 radical (unpaired) electrons. The van der Waals surface area contributed by atoms with Crippen LogP contribution in [0.5, 0.6) is 17.2 Å². The standard InChI is InChI=1S/C29H26N4O4/c1-4-32-19(2)27(29(35)33(32)21-8-6-5-7-9-21)28(34)31-20-10-12-22(13-11-20)37-26-16-17-30-25-18-23(36-3)14-15-24(25)26/h5-18H,4H2,1-3H3,(H,31,34). The lowest BCUT2D eigenvalue weighted by atomic mass is 10.2. The minimum atomic E-state index is -0.456. The van der Waals surface area contributed by atoms with Crippen molar-refractivity contribution in [1.29, 1.82) is 0 Å². The molecule has 8 nitrogen and oxygen atoms in total. The Labute approximate surface area is 213 Å². The first-order valence-electron chi connectivity index (χ1n) is 11.9. The number of anilines is 1. The van der Waals surface area contributed by atoms with Crippen molar-refractivity contribution in [2.75, 3.05) is 12.4 Å². The SMILES string of the molecule is CCn1c(C)c(C(=O)Nc2ccc(Oc3ccnc4cc(OC)ccc34)cc2)c(=O)n1-c1ccccc1. The van der Waals surface area contributed by atoms with E-state index in [2.05, 4.69) is 10.3 Å². The lowest BCUT2D eigenvalue weighted by Crippen LogP contribution is -2.25. The Morgan fingerprint density at radius 2 is 1.70 bits per heavy atom. The number of rotatable bonds is 7. The van der Waals surface area contributed by atoms with Gasteiger partial charge in [-0.15, -0.1) is 0 Å². The summed E-state index contributed by atoms with van der Waals surface area (Å²) in [6, 6.07) is 23.7. The van der Waals surface area contributed by atoms with Gasteiger partial charge >= 0.3 is 0 Å². The van der Waals surface area contributed by atoms with Crippen molar-refractivity contribution in [1.82, 2.24) is 14.3 Å². The third-order valence-electron chi connectivity index (χ3n) is 6.17. The van der Waals surface area contributed by atoms with E-state index in [-0.39, 0.29) is 11.1 Å². The second-order valence-corrected chi connectivity index (χ2v) is 8.40. The van der Waals surface area contributed by atoms with Crippen molar-refractivity contribution in [3.8, 4) is 22.9 Å². The highest BCUT2D eigenvalue weighted by molar-refractivity contribution is 6.05. The number of aromatic nitrogens is 3. The average Bonchev–Trinajstić information content (AvgIpc) is 3.19. The molecule has 0 spiro atoms. The molecule has 2 heterocycles. The van der Waals surface area contributed by atoms with Crippen LogP contribution in [0.15, 0.2) is 89.9 Å². The van der Waals surface area contributed by atoms with Crippen LogP contribution in [0.4, 0.5) is 5.69 Å². The van der Waals surface area contributed by atoms with E-state index in [0.717, 1.165) is 16.7 Å². The zero-order chi connectivity index (χ0) is 25.9. The number of carbonyl (C=O) groups excluding carboxylic acids is 1. The van der Waals surface area contributed by atoms with Crippen LogP contribution in [-0.4, -0.2) is 27.4 Å². The van der Waals surface area contributed by atoms with Gasteiger partial charge in [0.05, 0.1) is 24.0 Å². The molecule has 0 bridgehead atoms. The molecule has 0 aliphatic carbocycles. The summed E-state index contributed by atoms with van der Waals surface area (Å²) in [7, 11) is 1.61. The highest BCUT2D eigenvalue weighted by Crippen LogP contribution is 2.31. The quantitative estimate of drug-likeness (QED) is 0.320. The van der Waals surface area contributed by atoms with Gasteiger partial charge in [0, 0.05) is 29.9 Å². The van der Waals surface area contributed by atoms with Gasteiger partial charge < -0.3 is 14.8 Å². The molecule has 0 saturated heterocycles. The molecule has 186 valence electrons. The molecular weight excluding hydrogens is 468 g/mol. The van der Waals surface area contributed by atoms with E-state index in [0.29, 0.717) is 35.1 Å². The largest absolute Gasteiger partial charge is 0.497 e. The smallest absolute Gasteiger partial charge is 0.284 e. The summed E-state index contributed by atoms with van der Waals surface area (Å²) in [6.07, 6.45) is 1.68. The van der Waals surface area contributed by atoms with Gasteiger partial charge in [-0.1, -0.05) is 18.2 Å². The van der Waals surface area contributed by atoms with E-state index in [4.69, 9.17) is 9.47 Å². The van der Waals surface area contributed by atoms with Gasteiger partial charge in [0.1, 0.15) is 22.8 Å². The number of methoxy groups -OCH3 is 1. The van der Waals surface area contributed by atoms with E-state index in [1.807, 2.05) is 55.5 Å². The van der Waals surface area contributed by atoms with Gasteiger partial charge in [-0.05, 0) is 68.4 Å². The first kappa shape index (κ1) is 23.9. The Hall–Kier alpha value is -4.85. The molecule has 1 amide bonds. The van der Waals surface area contributed by atoms with E-state index >= 15 is 0 Å². The summed E-state index contributed by atoms with van der Waals surface area (Å²) in [5.74, 6) is 1.52. The van der Waals surface area contributed by atoms with Crippen LogP contribution in [0.3, 0.4) is 0 Å². The van der Waals surface area contributed by atoms with Crippen molar-refractivity contribution in [3.63, 3.8) is 0 Å². The summed E-state index contributed by atoms with van der Waals surface area (Å²) in [6.45, 7) is 4.27. The molecular formula is C29H26N4O4. The number of amides is 1. The average molecular weight is 495 g/mol. The number of nitrogens with one attached hydrogen (secondary N) is 1. The maximum absolute atomic E-state index is 13.3. The molecule has 2 aromatic heterocycles. The fourth-order valence-corrected chi connectivity index (χ4v) is 4.36. The summed E-state index contributed by atoms with van der Waals surface area (Å²) < 4.78 is 14.7. The molecule has 37 heavy (non-hydrogen) atoms. The van der Waals surface area contributed by atoms with Gasteiger partial charge in [0.25, 0.3) is 11.5 Å². The van der Waals surface area contributed by atoms with Crippen LogP contribution in [0.1, 0.15) is 23.0 Å². The summed E-state index contributed by atoms with van der Waals surface area (Å²) in [5, 5.41) is 3.70. The molecule has 3 aromatic carbocycles. The highest BCUT2D eigenvalue weighted by atomic mass is 16.5. The van der Waals surface area contributed by atoms with Crippen LogP contribution in [0, 0.1) is 6.92 Å². The molecule has 5 aromatic rings. The predicted octanol–water partition coefficient (Wildman–Crippen LogP) is 5.57. The number of hydrogen-bond donors (Lipinski definition) is 1. The van der Waals surface area contributed by atoms with Gasteiger partial charge in [-0.25, -0.2) is 4.68 Å². The second-order valence-electron chi connectivity index (χ2n) is 8.40. The summed E-state index contributed by atoms with van der Waals surface area (Å²) in [4.78, 5) is 30.8. The highest BCUT2D eigenvalue weighted by Gasteiger charge is 2.23. The van der Waals surface area contributed by atoms with Crippen molar-refractivity contribution in [2.45, 2.75) is 20.4 Å². The Bertz CT molecular complexity index is 1640. The maximum atomic E-state index is 13.3. The predicted molar refractivity (Wildman–Crippen MR) is 143 cm³/mol. The molecule has 0 aliphatic rings. The van der Waals surface area contributed by atoms with Crippen LogP contribution >= 0.6 is 0 Å². The van der Waals surface area contributed by atoms with Crippen LogP contribution in [0.25, 0.3) is 16.6 Å². The fraction of sp³-hybridized carbons (Fsp3) is 0.138. The molecule has 0 unspecified atom stereocenters. The zero-order valence-corrected chi connectivity index (χ0v) is 20.8. The zero-order valence-electron chi connectivity index (χ0n) is 20.8. The van der Waals surface area contributed by atoms with Crippen molar-refractivity contribution in [2.24, 2.45) is 0 Å². The fourth-order valence-electron chi connectivity index (χ4n) is 4.36. The van der Waals surface area contributed by atoms with E-state index in [1.165, 1.54) is 4.68 Å². The Morgan fingerprint density at radius 3 is 2.41 bits per heavy atom. The minimum Gasteiger partial charge on any atom is -0.497 e. The van der Waals surface area contributed by atoms with E-state index < -0.39 is 5.91 Å². The van der Waals surface area contributed by atoms with Crippen molar-refractivity contribution >= 4 is 22.5 Å².